The number of nitrogens with one attached hydrogen (secondary N) is 1. The molecule has 1 atom stereocenters. The van der Waals surface area contributed by atoms with Crippen molar-refractivity contribution in [2.45, 2.75) is 22.8 Å². The molecule has 1 nitrogen and oxygen atoms in total. The molecule has 0 aliphatic heterocycles. The van der Waals surface area contributed by atoms with Crippen molar-refractivity contribution in [1.82, 2.24) is 5.32 Å². The predicted octanol–water partition coefficient (Wildman–Crippen LogP) is 5.02. The Hall–Kier alpha value is -0.840. The van der Waals surface area contributed by atoms with E-state index in [1.807, 2.05) is 44.3 Å². The lowest BCUT2D eigenvalue weighted by molar-refractivity contribution is 0.576. The lowest BCUT2D eigenvalue weighted by atomic mass is 10.1. The van der Waals surface area contributed by atoms with Crippen LogP contribution in [-0.2, 0) is 0 Å². The molecule has 0 amide bonds. The van der Waals surface area contributed by atoms with Gasteiger partial charge in [0.2, 0.25) is 0 Å². The van der Waals surface area contributed by atoms with E-state index in [9.17, 15) is 4.39 Å². The molecule has 0 saturated carbocycles. The molecule has 0 heterocycles. The fourth-order valence-electron chi connectivity index (χ4n) is 1.78. The van der Waals surface area contributed by atoms with Crippen LogP contribution < -0.4 is 5.32 Å². The van der Waals surface area contributed by atoms with E-state index in [1.54, 1.807) is 6.07 Å². The van der Waals surface area contributed by atoms with Gasteiger partial charge in [-0.05, 0) is 43.8 Å². The highest BCUT2D eigenvalue weighted by atomic mass is 79.9. The molecular formula is C15H15BrFNS. The Morgan fingerprint density at radius 2 is 1.95 bits per heavy atom. The van der Waals surface area contributed by atoms with Crippen LogP contribution in [-0.4, -0.2) is 7.05 Å². The maximum atomic E-state index is 14.1. The van der Waals surface area contributed by atoms with Crippen molar-refractivity contribution in [3.8, 4) is 0 Å². The Balaban J connectivity index is 2.38. The second-order valence-corrected chi connectivity index (χ2v) is 6.23. The van der Waals surface area contributed by atoms with E-state index in [0.717, 1.165) is 14.9 Å². The monoisotopic (exact) mass is 339 g/mol. The Kier molecular flexibility index (Phi) is 5.02. The van der Waals surface area contributed by atoms with Crippen LogP contribution in [0.3, 0.4) is 0 Å². The first-order valence-corrected chi connectivity index (χ1v) is 7.62. The smallest absolute Gasteiger partial charge is 0.137 e. The molecule has 4 heteroatoms. The molecular weight excluding hydrogens is 325 g/mol. The molecule has 0 spiro atoms. The van der Waals surface area contributed by atoms with E-state index in [4.69, 9.17) is 0 Å². The van der Waals surface area contributed by atoms with E-state index >= 15 is 0 Å². The van der Waals surface area contributed by atoms with E-state index in [2.05, 4.69) is 21.2 Å². The van der Waals surface area contributed by atoms with Gasteiger partial charge in [0.25, 0.3) is 0 Å². The average molecular weight is 340 g/mol. The van der Waals surface area contributed by atoms with Crippen LogP contribution in [0.2, 0.25) is 0 Å². The van der Waals surface area contributed by atoms with Crippen molar-refractivity contribution in [2.24, 2.45) is 0 Å². The molecule has 0 bridgehead atoms. The van der Waals surface area contributed by atoms with Crippen molar-refractivity contribution in [1.29, 1.82) is 0 Å². The van der Waals surface area contributed by atoms with Crippen molar-refractivity contribution in [3.05, 3.63) is 58.3 Å². The second-order valence-electron chi connectivity index (χ2n) is 4.23. The zero-order valence-electron chi connectivity index (χ0n) is 10.8. The van der Waals surface area contributed by atoms with Gasteiger partial charge in [-0.3, -0.25) is 0 Å². The topological polar surface area (TPSA) is 12.0 Å². The molecule has 1 N–H and O–H groups in total. The molecule has 0 fully saturated rings. The van der Waals surface area contributed by atoms with Crippen LogP contribution in [0.5, 0.6) is 0 Å². The van der Waals surface area contributed by atoms with Gasteiger partial charge >= 0.3 is 0 Å². The first kappa shape index (κ1) is 14.6. The molecule has 0 saturated heterocycles. The Morgan fingerprint density at radius 3 is 2.63 bits per heavy atom. The fraction of sp³-hybridized carbons (Fsp3) is 0.200. The van der Waals surface area contributed by atoms with Gasteiger partial charge in [-0.25, -0.2) is 4.39 Å². The molecule has 0 aromatic heterocycles. The Morgan fingerprint density at radius 1 is 1.21 bits per heavy atom. The van der Waals surface area contributed by atoms with Gasteiger partial charge in [-0.1, -0.05) is 45.9 Å². The number of halogens is 2. The minimum absolute atomic E-state index is 0.116. The maximum Gasteiger partial charge on any atom is 0.137 e. The molecule has 2 rings (SSSR count). The third-order valence-electron chi connectivity index (χ3n) is 2.91. The van der Waals surface area contributed by atoms with Crippen LogP contribution in [0.25, 0.3) is 0 Å². The minimum atomic E-state index is -0.176. The predicted molar refractivity (Wildman–Crippen MR) is 82.1 cm³/mol. The van der Waals surface area contributed by atoms with Crippen LogP contribution in [0.4, 0.5) is 4.39 Å². The third kappa shape index (κ3) is 3.59. The fourth-order valence-corrected chi connectivity index (χ4v) is 3.43. The van der Waals surface area contributed by atoms with Crippen LogP contribution in [0.1, 0.15) is 18.5 Å². The quantitative estimate of drug-likeness (QED) is 0.839. The lowest BCUT2D eigenvalue weighted by Gasteiger charge is -2.16. The highest BCUT2D eigenvalue weighted by Crippen LogP contribution is 2.36. The van der Waals surface area contributed by atoms with Gasteiger partial charge in [0.05, 0.1) is 4.90 Å². The van der Waals surface area contributed by atoms with Crippen molar-refractivity contribution in [3.63, 3.8) is 0 Å². The van der Waals surface area contributed by atoms with Gasteiger partial charge in [-0.15, -0.1) is 0 Å². The summed E-state index contributed by atoms with van der Waals surface area (Å²) in [5.74, 6) is -0.176. The molecule has 0 aliphatic rings. The lowest BCUT2D eigenvalue weighted by Crippen LogP contribution is -2.13. The summed E-state index contributed by atoms with van der Waals surface area (Å²) in [6, 6.07) is 13.2. The first-order valence-electron chi connectivity index (χ1n) is 6.01. The summed E-state index contributed by atoms with van der Waals surface area (Å²) in [7, 11) is 1.88. The summed E-state index contributed by atoms with van der Waals surface area (Å²) in [6.07, 6.45) is 0. The summed E-state index contributed by atoms with van der Waals surface area (Å²) in [5.41, 5.74) is 0.979. The molecule has 100 valence electrons. The van der Waals surface area contributed by atoms with Gasteiger partial charge < -0.3 is 5.32 Å². The number of hydrogen-bond acceptors (Lipinski definition) is 2. The van der Waals surface area contributed by atoms with Crippen molar-refractivity contribution >= 4 is 27.7 Å². The largest absolute Gasteiger partial charge is 0.313 e. The zero-order valence-corrected chi connectivity index (χ0v) is 13.2. The summed E-state index contributed by atoms with van der Waals surface area (Å²) < 4.78 is 15.1. The van der Waals surface area contributed by atoms with Crippen LogP contribution in [0.15, 0.2) is 56.7 Å². The van der Waals surface area contributed by atoms with Gasteiger partial charge in [0, 0.05) is 15.4 Å². The Bertz CT molecular complexity index is 574. The van der Waals surface area contributed by atoms with E-state index < -0.39 is 0 Å². The number of rotatable bonds is 4. The van der Waals surface area contributed by atoms with Crippen molar-refractivity contribution < 1.29 is 4.39 Å². The summed E-state index contributed by atoms with van der Waals surface area (Å²) in [5, 5.41) is 3.16. The normalized spacial score (nSPS) is 12.4. The SMILES string of the molecule is CNC(C)c1cccc(F)c1Sc1cccc(Br)c1. The van der Waals surface area contributed by atoms with Crippen molar-refractivity contribution in [2.75, 3.05) is 7.05 Å². The highest BCUT2D eigenvalue weighted by molar-refractivity contribution is 9.10. The molecule has 2 aromatic rings. The number of hydrogen-bond donors (Lipinski definition) is 1. The summed E-state index contributed by atoms with van der Waals surface area (Å²) >= 11 is 4.89. The second kappa shape index (κ2) is 6.55. The highest BCUT2D eigenvalue weighted by Gasteiger charge is 2.14. The average Bonchev–Trinajstić information content (AvgIpc) is 2.40. The molecule has 0 radical (unpaired) electrons. The van der Waals surface area contributed by atoms with Gasteiger partial charge in [0.15, 0.2) is 0 Å². The van der Waals surface area contributed by atoms with Gasteiger partial charge in [0.1, 0.15) is 5.82 Å². The third-order valence-corrected chi connectivity index (χ3v) is 4.53. The summed E-state index contributed by atoms with van der Waals surface area (Å²) in [6.45, 7) is 2.03. The molecule has 19 heavy (non-hydrogen) atoms. The maximum absolute atomic E-state index is 14.1. The first-order chi connectivity index (χ1) is 9.11. The number of benzene rings is 2. The zero-order chi connectivity index (χ0) is 13.8. The van der Waals surface area contributed by atoms with Gasteiger partial charge in [-0.2, -0.15) is 0 Å². The van der Waals surface area contributed by atoms with Crippen LogP contribution in [0, 0.1) is 5.82 Å². The Labute approximate surface area is 125 Å². The summed E-state index contributed by atoms with van der Waals surface area (Å²) in [4.78, 5) is 1.70. The molecule has 1 unspecified atom stereocenters. The standard InChI is InChI=1S/C15H15BrFNS/c1-10(18-2)13-7-4-8-14(17)15(13)19-12-6-3-5-11(16)9-12/h3-10,18H,1-2H3. The van der Waals surface area contributed by atoms with Crippen LogP contribution >= 0.6 is 27.7 Å². The van der Waals surface area contributed by atoms with E-state index in [1.165, 1.54) is 17.8 Å². The molecule has 0 aliphatic carbocycles. The molecule has 2 aromatic carbocycles. The van der Waals surface area contributed by atoms with E-state index in [-0.39, 0.29) is 11.9 Å². The van der Waals surface area contributed by atoms with E-state index in [0.29, 0.717) is 4.90 Å². The minimum Gasteiger partial charge on any atom is -0.313 e.